The van der Waals surface area contributed by atoms with E-state index < -0.39 is 15.8 Å². The van der Waals surface area contributed by atoms with E-state index in [-0.39, 0.29) is 34.5 Å². The molecule has 1 N–H and O–H groups in total. The van der Waals surface area contributed by atoms with Gasteiger partial charge in [0.15, 0.2) is 5.76 Å². The molecule has 3 rings (SSSR count). The number of halogens is 3. The van der Waals surface area contributed by atoms with Crippen LogP contribution in [0.15, 0.2) is 55.8 Å². The van der Waals surface area contributed by atoms with Gasteiger partial charge in [0.2, 0.25) is 0 Å². The van der Waals surface area contributed by atoms with E-state index in [9.17, 15) is 25.0 Å². The van der Waals surface area contributed by atoms with E-state index in [2.05, 4.69) is 37.2 Å². The van der Waals surface area contributed by atoms with Gasteiger partial charge in [-0.05, 0) is 50.1 Å². The molecule has 1 amide bonds. The van der Waals surface area contributed by atoms with Crippen molar-refractivity contribution >= 4 is 66.4 Å². The van der Waals surface area contributed by atoms with Crippen LogP contribution in [0.25, 0.3) is 0 Å². The summed E-state index contributed by atoms with van der Waals surface area (Å²) in [5, 5.41) is 24.3. The summed E-state index contributed by atoms with van der Waals surface area (Å²) < 4.78 is 11.6. The molecule has 31 heavy (non-hydrogen) atoms. The first-order chi connectivity index (χ1) is 14.7. The Morgan fingerprint density at radius 3 is 2.26 bits per heavy atom. The average molecular weight is 576 g/mol. The van der Waals surface area contributed by atoms with Crippen molar-refractivity contribution in [2.24, 2.45) is 0 Å². The lowest BCUT2D eigenvalue weighted by molar-refractivity contribution is -0.385. The highest BCUT2D eigenvalue weighted by molar-refractivity contribution is 9.11. The number of anilines is 1. The van der Waals surface area contributed by atoms with Gasteiger partial charge in [0, 0.05) is 33.2 Å². The van der Waals surface area contributed by atoms with Gasteiger partial charge in [0.1, 0.15) is 18.1 Å². The van der Waals surface area contributed by atoms with E-state index in [4.69, 9.17) is 20.8 Å². The number of nitrogens with zero attached hydrogens (tertiary/aromatic N) is 2. The molecule has 0 spiro atoms. The Balaban J connectivity index is 1.68. The zero-order valence-corrected chi connectivity index (χ0v) is 19.1. The Bertz CT molecular complexity index is 1180. The number of nitrogens with one attached hydrogen (secondary N) is 1. The van der Waals surface area contributed by atoms with Crippen LogP contribution in [0.4, 0.5) is 17.1 Å². The zero-order chi connectivity index (χ0) is 22.7. The molecule has 2 aromatic carbocycles. The summed E-state index contributed by atoms with van der Waals surface area (Å²) in [5.41, 5.74) is -0.0283. The lowest BCUT2D eigenvalue weighted by Gasteiger charge is -2.09. The van der Waals surface area contributed by atoms with E-state index in [0.717, 1.165) is 6.07 Å². The minimum atomic E-state index is -0.588. The first-order valence-corrected chi connectivity index (χ1v) is 10.2. The van der Waals surface area contributed by atoms with Crippen molar-refractivity contribution in [2.45, 2.75) is 6.61 Å². The number of nitro groups is 2. The summed E-state index contributed by atoms with van der Waals surface area (Å²) in [6.45, 7) is -0.0737. The van der Waals surface area contributed by atoms with Gasteiger partial charge >= 0.3 is 0 Å². The van der Waals surface area contributed by atoms with Crippen LogP contribution in [0, 0.1) is 20.2 Å². The predicted octanol–water partition coefficient (Wildman–Crippen LogP) is 6.11. The van der Waals surface area contributed by atoms with Crippen LogP contribution >= 0.6 is 43.5 Å². The fraction of sp³-hybridized carbons (Fsp3) is 0.0556. The average Bonchev–Trinajstić information content (AvgIpc) is 3.18. The summed E-state index contributed by atoms with van der Waals surface area (Å²) >= 11 is 12.3. The fourth-order valence-electron chi connectivity index (χ4n) is 2.41. The van der Waals surface area contributed by atoms with E-state index >= 15 is 0 Å². The number of furan rings is 1. The topological polar surface area (TPSA) is 138 Å². The molecule has 0 unspecified atom stereocenters. The monoisotopic (exact) mass is 573 g/mol. The standard InChI is InChI=1S/C18H10Br2ClN3O7/c19-12-5-10(24(28)29)6-13(20)17(12)22-18(25)16-4-2-11(31-16)8-30-15-3-1-9(23(26)27)7-14(15)21/h1-7H,8H2,(H,22,25). The number of amides is 1. The van der Waals surface area contributed by atoms with Crippen molar-refractivity contribution in [3.8, 4) is 5.75 Å². The molecule has 0 aliphatic heterocycles. The second-order valence-electron chi connectivity index (χ2n) is 5.92. The number of hydrogen-bond donors (Lipinski definition) is 1. The van der Waals surface area contributed by atoms with Crippen molar-refractivity contribution < 1.29 is 23.8 Å². The molecule has 160 valence electrons. The summed E-state index contributed by atoms with van der Waals surface area (Å²) in [4.78, 5) is 33.0. The van der Waals surface area contributed by atoms with E-state index in [1.807, 2.05) is 0 Å². The Kier molecular flexibility index (Phi) is 6.93. The molecule has 0 saturated carbocycles. The fourth-order valence-corrected chi connectivity index (χ4v) is 4.00. The minimum Gasteiger partial charge on any atom is -0.484 e. The third kappa shape index (κ3) is 5.40. The van der Waals surface area contributed by atoms with Crippen molar-refractivity contribution in [1.82, 2.24) is 0 Å². The van der Waals surface area contributed by atoms with Crippen LogP contribution in [-0.2, 0) is 6.61 Å². The number of rotatable bonds is 7. The number of carbonyl (C=O) groups excluding carboxylic acids is 1. The van der Waals surface area contributed by atoms with Crippen LogP contribution in [0.1, 0.15) is 16.3 Å². The number of benzene rings is 2. The van der Waals surface area contributed by atoms with Crippen LogP contribution in [0.3, 0.4) is 0 Å². The zero-order valence-electron chi connectivity index (χ0n) is 15.1. The van der Waals surface area contributed by atoms with Gasteiger partial charge in [0.05, 0.1) is 20.6 Å². The minimum absolute atomic E-state index is 0.0226. The van der Waals surface area contributed by atoms with Crippen molar-refractivity contribution in [3.05, 3.63) is 88.2 Å². The molecule has 0 atom stereocenters. The maximum Gasteiger partial charge on any atom is 0.291 e. The normalized spacial score (nSPS) is 10.5. The molecular formula is C18H10Br2ClN3O7. The van der Waals surface area contributed by atoms with Gasteiger partial charge in [0.25, 0.3) is 17.3 Å². The Hall–Kier alpha value is -2.96. The van der Waals surface area contributed by atoms with Gasteiger partial charge < -0.3 is 14.5 Å². The highest BCUT2D eigenvalue weighted by Crippen LogP contribution is 2.35. The number of carbonyl (C=O) groups is 1. The molecular weight excluding hydrogens is 565 g/mol. The third-order valence-corrected chi connectivity index (χ3v) is 5.40. The van der Waals surface area contributed by atoms with E-state index in [1.165, 1.54) is 36.4 Å². The Labute approximate surface area is 195 Å². The van der Waals surface area contributed by atoms with Gasteiger partial charge in [-0.15, -0.1) is 0 Å². The van der Waals surface area contributed by atoms with Gasteiger partial charge in [-0.1, -0.05) is 11.6 Å². The molecule has 0 aliphatic carbocycles. The van der Waals surface area contributed by atoms with Crippen LogP contribution in [-0.4, -0.2) is 15.8 Å². The van der Waals surface area contributed by atoms with Crippen LogP contribution in [0.2, 0.25) is 5.02 Å². The summed E-state index contributed by atoms with van der Waals surface area (Å²) in [5.74, 6) is -0.0877. The molecule has 1 heterocycles. The lowest BCUT2D eigenvalue weighted by Crippen LogP contribution is -2.12. The number of non-ortho nitro benzene ring substituents is 2. The Morgan fingerprint density at radius 1 is 1.03 bits per heavy atom. The van der Waals surface area contributed by atoms with Gasteiger partial charge in [-0.3, -0.25) is 25.0 Å². The van der Waals surface area contributed by atoms with Gasteiger partial charge in [-0.25, -0.2) is 0 Å². The third-order valence-electron chi connectivity index (χ3n) is 3.86. The first kappa shape index (κ1) is 22.7. The second-order valence-corrected chi connectivity index (χ2v) is 8.04. The highest BCUT2D eigenvalue weighted by Gasteiger charge is 2.19. The van der Waals surface area contributed by atoms with Crippen LogP contribution in [0.5, 0.6) is 5.75 Å². The Morgan fingerprint density at radius 2 is 1.68 bits per heavy atom. The maximum absolute atomic E-state index is 12.5. The largest absolute Gasteiger partial charge is 0.484 e. The molecule has 1 aromatic heterocycles. The van der Waals surface area contributed by atoms with E-state index in [0.29, 0.717) is 20.4 Å². The molecule has 13 heteroatoms. The quantitative estimate of drug-likeness (QED) is 0.265. The number of nitro benzene ring substituents is 2. The maximum atomic E-state index is 12.5. The molecule has 0 bridgehead atoms. The summed E-state index contributed by atoms with van der Waals surface area (Å²) in [6, 6.07) is 9.25. The van der Waals surface area contributed by atoms with E-state index in [1.54, 1.807) is 0 Å². The molecule has 3 aromatic rings. The summed E-state index contributed by atoms with van der Waals surface area (Å²) in [7, 11) is 0. The molecule has 0 saturated heterocycles. The van der Waals surface area contributed by atoms with Crippen LogP contribution < -0.4 is 10.1 Å². The molecule has 0 radical (unpaired) electrons. The number of hydrogen-bond acceptors (Lipinski definition) is 7. The van der Waals surface area contributed by atoms with Crippen molar-refractivity contribution in [3.63, 3.8) is 0 Å². The number of ether oxygens (including phenoxy) is 1. The second kappa shape index (κ2) is 9.45. The van der Waals surface area contributed by atoms with Crippen molar-refractivity contribution in [1.29, 1.82) is 0 Å². The van der Waals surface area contributed by atoms with Gasteiger partial charge in [-0.2, -0.15) is 0 Å². The molecule has 0 aliphatic rings. The SMILES string of the molecule is O=C(Nc1c(Br)cc([N+](=O)[O-])cc1Br)c1ccc(COc2ccc([N+](=O)[O-])cc2Cl)o1. The van der Waals surface area contributed by atoms with Crippen molar-refractivity contribution in [2.75, 3.05) is 5.32 Å². The first-order valence-electron chi connectivity index (χ1n) is 8.26. The smallest absolute Gasteiger partial charge is 0.291 e. The lowest BCUT2D eigenvalue weighted by atomic mass is 10.2. The highest BCUT2D eigenvalue weighted by atomic mass is 79.9. The molecule has 10 nitrogen and oxygen atoms in total. The summed E-state index contributed by atoms with van der Waals surface area (Å²) in [6.07, 6.45) is 0. The molecule has 0 fully saturated rings. The predicted molar refractivity (Wildman–Crippen MR) is 118 cm³/mol.